The van der Waals surface area contributed by atoms with Gasteiger partial charge in [-0.25, -0.2) is 13.2 Å². The average Bonchev–Trinajstić information content (AvgIpc) is 2.64. The van der Waals surface area contributed by atoms with Gasteiger partial charge in [-0.05, 0) is 48.4 Å². The molecular weight excluding hydrogens is 392 g/mol. The minimum atomic E-state index is -3.18. The lowest BCUT2D eigenvalue weighted by atomic mass is 9.92. The number of likely N-dealkylation sites (N-methyl/N-ethyl adjacent to an activating group) is 1. The number of β-amino-alcohol motifs (C(OH)–C–C–N with tert-alkyl or cyclic N) is 1. The number of aromatic carboxylic acids is 1. The van der Waals surface area contributed by atoms with Crippen LogP contribution in [0.3, 0.4) is 0 Å². The Hall–Kier alpha value is -2.42. The molecule has 0 saturated carbocycles. The molecule has 7 nitrogen and oxygen atoms in total. The molecule has 0 aliphatic carbocycles. The van der Waals surface area contributed by atoms with Gasteiger partial charge in [0.1, 0.15) is 5.60 Å². The quantitative estimate of drug-likeness (QED) is 0.671. The summed E-state index contributed by atoms with van der Waals surface area (Å²) < 4.78 is 23.0. The molecule has 1 saturated heterocycles. The minimum Gasteiger partial charge on any atom is -0.478 e. The Morgan fingerprint density at radius 2 is 1.69 bits per heavy atom. The second kappa shape index (κ2) is 8.14. The molecule has 0 amide bonds. The first-order valence-corrected chi connectivity index (χ1v) is 11.2. The molecule has 2 aromatic carbocycles. The lowest BCUT2D eigenvalue weighted by Gasteiger charge is -2.48. The molecule has 1 aliphatic rings. The smallest absolute Gasteiger partial charge is 0.335 e. The van der Waals surface area contributed by atoms with Gasteiger partial charge in [0.25, 0.3) is 0 Å². The van der Waals surface area contributed by atoms with Crippen molar-refractivity contribution in [2.24, 2.45) is 0 Å². The second-order valence-corrected chi connectivity index (χ2v) is 9.82. The summed E-state index contributed by atoms with van der Waals surface area (Å²) in [6, 6.07) is 13.5. The van der Waals surface area contributed by atoms with Crippen molar-refractivity contribution in [1.29, 1.82) is 0 Å². The summed E-state index contributed by atoms with van der Waals surface area (Å²) in [4.78, 5) is 15.3. The Balaban J connectivity index is 1.47. The maximum atomic E-state index is 11.5. The summed E-state index contributed by atoms with van der Waals surface area (Å²) in [7, 11) is -1.30. The molecule has 1 aliphatic heterocycles. The van der Waals surface area contributed by atoms with Gasteiger partial charge in [-0.2, -0.15) is 0 Å². The fourth-order valence-corrected chi connectivity index (χ4v) is 4.26. The molecule has 3 rings (SSSR count). The molecule has 156 valence electrons. The fraction of sp³-hybridized carbons (Fsp3) is 0.381. The predicted octanol–water partition coefficient (Wildman–Crippen LogP) is 1.51. The predicted molar refractivity (Wildman–Crippen MR) is 111 cm³/mol. The molecule has 1 heterocycles. The third-order valence-corrected chi connectivity index (χ3v) is 6.32. The number of likely N-dealkylation sites (tertiary alicyclic amines) is 1. The van der Waals surface area contributed by atoms with Crippen LogP contribution >= 0.6 is 0 Å². The van der Waals surface area contributed by atoms with Crippen LogP contribution in [0.1, 0.15) is 15.9 Å². The van der Waals surface area contributed by atoms with Crippen LogP contribution in [0.4, 0.5) is 5.69 Å². The zero-order chi connectivity index (χ0) is 21.2. The number of anilines is 1. The second-order valence-electron chi connectivity index (χ2n) is 7.81. The summed E-state index contributed by atoms with van der Waals surface area (Å²) in [5.41, 5.74) is 1.34. The number of hydrogen-bond donors (Lipinski definition) is 2. The van der Waals surface area contributed by atoms with Crippen molar-refractivity contribution in [3.63, 3.8) is 0 Å². The number of nitrogens with zero attached hydrogens (tertiary/aromatic N) is 2. The van der Waals surface area contributed by atoms with E-state index in [4.69, 9.17) is 5.11 Å². The van der Waals surface area contributed by atoms with Crippen molar-refractivity contribution < 1.29 is 23.4 Å². The first-order valence-electron chi connectivity index (χ1n) is 9.34. The first-order chi connectivity index (χ1) is 13.6. The van der Waals surface area contributed by atoms with Gasteiger partial charge in [-0.3, -0.25) is 4.90 Å². The van der Waals surface area contributed by atoms with E-state index in [0.29, 0.717) is 24.5 Å². The highest BCUT2D eigenvalue weighted by Gasteiger charge is 2.41. The lowest BCUT2D eigenvalue weighted by Crippen LogP contribution is -2.66. The summed E-state index contributed by atoms with van der Waals surface area (Å²) >= 11 is 0. The van der Waals surface area contributed by atoms with Gasteiger partial charge in [0.2, 0.25) is 0 Å². The largest absolute Gasteiger partial charge is 0.478 e. The summed E-state index contributed by atoms with van der Waals surface area (Å²) in [5, 5.41) is 19.7. The monoisotopic (exact) mass is 418 g/mol. The van der Waals surface area contributed by atoms with Crippen LogP contribution in [0.2, 0.25) is 0 Å². The van der Waals surface area contributed by atoms with Gasteiger partial charge in [0.15, 0.2) is 9.84 Å². The van der Waals surface area contributed by atoms with Gasteiger partial charge >= 0.3 is 5.97 Å². The number of benzene rings is 2. The van der Waals surface area contributed by atoms with Gasteiger partial charge < -0.3 is 15.1 Å². The highest BCUT2D eigenvalue weighted by Crippen LogP contribution is 2.25. The van der Waals surface area contributed by atoms with Crippen LogP contribution < -0.4 is 4.90 Å². The maximum Gasteiger partial charge on any atom is 0.335 e. The molecule has 0 spiro atoms. The Kier molecular flexibility index (Phi) is 5.97. The molecule has 0 aromatic heterocycles. The van der Waals surface area contributed by atoms with Crippen LogP contribution in [0.15, 0.2) is 53.4 Å². The number of carboxylic acids is 1. The van der Waals surface area contributed by atoms with E-state index in [-0.39, 0.29) is 5.56 Å². The molecule has 8 heteroatoms. The topological polar surface area (TPSA) is 98.2 Å². The Bertz CT molecular complexity index is 965. The molecule has 0 radical (unpaired) electrons. The average molecular weight is 419 g/mol. The van der Waals surface area contributed by atoms with E-state index >= 15 is 0 Å². The first kappa shape index (κ1) is 21.3. The van der Waals surface area contributed by atoms with Crippen molar-refractivity contribution in [3.05, 3.63) is 59.7 Å². The van der Waals surface area contributed by atoms with Crippen LogP contribution in [-0.4, -0.2) is 74.6 Å². The van der Waals surface area contributed by atoms with Gasteiger partial charge in [-0.15, -0.1) is 0 Å². The summed E-state index contributed by atoms with van der Waals surface area (Å²) in [6.45, 7) is 2.37. The third-order valence-electron chi connectivity index (χ3n) is 5.19. The van der Waals surface area contributed by atoms with Crippen LogP contribution in [-0.2, 0) is 16.3 Å². The van der Waals surface area contributed by atoms with E-state index < -0.39 is 21.4 Å². The minimum absolute atomic E-state index is 0.236. The van der Waals surface area contributed by atoms with Crippen molar-refractivity contribution in [3.8, 4) is 0 Å². The van der Waals surface area contributed by atoms with E-state index in [2.05, 4.69) is 4.90 Å². The normalized spacial score (nSPS) is 16.2. The Morgan fingerprint density at radius 1 is 1.10 bits per heavy atom. The standard InChI is InChI=1S/C21H26N2O5S/c1-22(18-7-5-17(6-8-18)20(24)25)13-21(26)14-23(15-21)12-11-16-3-9-19(10-4-16)29(2,27)28/h3-10,26H,11-15H2,1-2H3,(H,24,25). The highest BCUT2D eigenvalue weighted by molar-refractivity contribution is 7.90. The molecule has 2 aromatic rings. The van der Waals surface area contributed by atoms with E-state index in [0.717, 1.165) is 24.2 Å². The van der Waals surface area contributed by atoms with Crippen molar-refractivity contribution in [2.75, 3.05) is 44.4 Å². The number of carbonyl (C=O) groups is 1. The fourth-order valence-electron chi connectivity index (χ4n) is 3.63. The summed E-state index contributed by atoms with van der Waals surface area (Å²) in [6.07, 6.45) is 1.98. The van der Waals surface area contributed by atoms with E-state index in [1.54, 1.807) is 36.4 Å². The molecule has 0 bridgehead atoms. The van der Waals surface area contributed by atoms with Crippen LogP contribution in [0.25, 0.3) is 0 Å². The molecule has 29 heavy (non-hydrogen) atoms. The van der Waals surface area contributed by atoms with E-state index in [9.17, 15) is 18.3 Å². The SMILES string of the molecule is CN(CC1(O)CN(CCc2ccc(S(C)(=O)=O)cc2)C1)c1ccc(C(=O)O)cc1. The van der Waals surface area contributed by atoms with Crippen molar-refractivity contribution >= 4 is 21.5 Å². The summed E-state index contributed by atoms with van der Waals surface area (Å²) in [5.74, 6) is -0.960. The zero-order valence-electron chi connectivity index (χ0n) is 16.6. The van der Waals surface area contributed by atoms with Crippen molar-refractivity contribution in [2.45, 2.75) is 16.9 Å². The van der Waals surface area contributed by atoms with E-state index in [1.165, 1.54) is 6.26 Å². The molecule has 2 N–H and O–H groups in total. The molecule has 1 fully saturated rings. The molecular formula is C21H26N2O5S. The van der Waals surface area contributed by atoms with Crippen LogP contribution in [0, 0.1) is 0 Å². The van der Waals surface area contributed by atoms with Gasteiger partial charge in [0, 0.05) is 45.2 Å². The third kappa shape index (κ3) is 5.35. The molecule has 0 atom stereocenters. The van der Waals surface area contributed by atoms with Gasteiger partial charge in [0.05, 0.1) is 10.5 Å². The lowest BCUT2D eigenvalue weighted by molar-refractivity contribution is -0.0896. The van der Waals surface area contributed by atoms with Gasteiger partial charge in [-0.1, -0.05) is 12.1 Å². The Labute approximate surface area is 171 Å². The number of hydrogen-bond acceptors (Lipinski definition) is 6. The number of rotatable bonds is 8. The van der Waals surface area contributed by atoms with Crippen LogP contribution in [0.5, 0.6) is 0 Å². The maximum absolute atomic E-state index is 11.5. The highest BCUT2D eigenvalue weighted by atomic mass is 32.2. The number of carboxylic acid groups (broad SMARTS) is 1. The van der Waals surface area contributed by atoms with Crippen molar-refractivity contribution in [1.82, 2.24) is 4.90 Å². The molecule has 0 unspecified atom stereocenters. The number of sulfone groups is 1. The zero-order valence-corrected chi connectivity index (χ0v) is 17.4. The number of aliphatic hydroxyl groups is 1. The Morgan fingerprint density at radius 3 is 2.21 bits per heavy atom. The van der Waals surface area contributed by atoms with E-state index in [1.807, 2.05) is 24.1 Å².